The second-order valence-corrected chi connectivity index (χ2v) is 3.68. The number of carbonyl (C=O) groups excluding carboxylic acids is 1. The van der Waals surface area contributed by atoms with Gasteiger partial charge in [-0.15, -0.1) is 0 Å². The van der Waals surface area contributed by atoms with Gasteiger partial charge in [-0.1, -0.05) is 0 Å². The third kappa shape index (κ3) is 3.72. The fourth-order valence-corrected chi connectivity index (χ4v) is 1.24. The van der Waals surface area contributed by atoms with E-state index in [9.17, 15) is 9.59 Å². The predicted octanol–water partition coefficient (Wildman–Crippen LogP) is 0.194. The van der Waals surface area contributed by atoms with Crippen LogP contribution < -0.4 is 0 Å². The number of likely N-dealkylation sites (N-methyl/N-ethyl adjacent to an activating group) is 1. The third-order valence-corrected chi connectivity index (χ3v) is 2.18. The summed E-state index contributed by atoms with van der Waals surface area (Å²) in [5.41, 5.74) is 1.57. The summed E-state index contributed by atoms with van der Waals surface area (Å²) in [4.78, 5) is 23.3. The monoisotopic (exact) mass is 225 g/mol. The van der Waals surface area contributed by atoms with Gasteiger partial charge in [0.2, 0.25) is 5.91 Å². The van der Waals surface area contributed by atoms with Crippen LogP contribution >= 0.6 is 0 Å². The molecule has 0 aliphatic rings. The van der Waals surface area contributed by atoms with E-state index >= 15 is 0 Å². The molecule has 1 aromatic heterocycles. The number of carbonyl (C=O) groups is 2. The zero-order chi connectivity index (χ0) is 12.1. The lowest BCUT2D eigenvalue weighted by atomic mass is 10.2. The van der Waals surface area contributed by atoms with Crippen LogP contribution in [0.5, 0.6) is 0 Å². The minimum absolute atomic E-state index is 0.0398. The van der Waals surface area contributed by atoms with Crippen LogP contribution in [0.4, 0.5) is 0 Å². The van der Waals surface area contributed by atoms with Crippen molar-refractivity contribution in [2.45, 2.75) is 19.8 Å². The van der Waals surface area contributed by atoms with E-state index in [1.807, 2.05) is 6.92 Å². The zero-order valence-electron chi connectivity index (χ0n) is 9.36. The Morgan fingerprint density at radius 1 is 1.56 bits per heavy atom. The Morgan fingerprint density at radius 2 is 2.25 bits per heavy atom. The molecule has 0 bridgehead atoms. The van der Waals surface area contributed by atoms with Crippen LogP contribution in [0.1, 0.15) is 17.8 Å². The van der Waals surface area contributed by atoms with E-state index in [0.29, 0.717) is 5.69 Å². The topological polar surface area (TPSA) is 86.3 Å². The van der Waals surface area contributed by atoms with E-state index in [4.69, 9.17) is 5.11 Å². The standard InChI is InChI=1S/C10H15N3O3/c1-7-5-8(12-11-7)6-9(14)13(2)4-3-10(15)16/h5H,3-4,6H2,1-2H3,(H,11,12)(H,15,16). The lowest BCUT2D eigenvalue weighted by Gasteiger charge is -2.14. The minimum atomic E-state index is -0.907. The van der Waals surface area contributed by atoms with Crippen molar-refractivity contribution in [3.63, 3.8) is 0 Å². The first-order chi connectivity index (χ1) is 7.49. The maximum Gasteiger partial charge on any atom is 0.305 e. The van der Waals surface area contributed by atoms with Crippen molar-refractivity contribution >= 4 is 11.9 Å². The summed E-state index contributed by atoms with van der Waals surface area (Å²) in [6, 6.07) is 1.79. The second kappa shape index (κ2) is 5.29. The van der Waals surface area contributed by atoms with Gasteiger partial charge < -0.3 is 10.0 Å². The minimum Gasteiger partial charge on any atom is -0.481 e. The number of aryl methyl sites for hydroxylation is 1. The summed E-state index contributed by atoms with van der Waals surface area (Å²) in [6.45, 7) is 2.08. The van der Waals surface area contributed by atoms with Gasteiger partial charge in [-0.3, -0.25) is 14.7 Å². The molecule has 1 heterocycles. The maximum absolute atomic E-state index is 11.6. The summed E-state index contributed by atoms with van der Waals surface area (Å²) < 4.78 is 0. The molecule has 0 spiro atoms. The summed E-state index contributed by atoms with van der Waals surface area (Å²) in [7, 11) is 1.59. The number of nitrogens with zero attached hydrogens (tertiary/aromatic N) is 2. The van der Waals surface area contributed by atoms with E-state index in [-0.39, 0.29) is 25.3 Å². The second-order valence-electron chi connectivity index (χ2n) is 3.68. The summed E-state index contributed by atoms with van der Waals surface area (Å²) in [5, 5.41) is 15.2. The first-order valence-electron chi connectivity index (χ1n) is 4.95. The van der Waals surface area contributed by atoms with E-state index < -0.39 is 5.97 Å². The number of carboxylic acid groups (broad SMARTS) is 1. The van der Waals surface area contributed by atoms with Crippen LogP contribution in [-0.4, -0.2) is 45.7 Å². The van der Waals surface area contributed by atoms with Crippen LogP contribution in [0, 0.1) is 6.92 Å². The molecule has 6 nitrogen and oxygen atoms in total. The molecule has 0 radical (unpaired) electrons. The van der Waals surface area contributed by atoms with Gasteiger partial charge in [0.25, 0.3) is 0 Å². The molecule has 0 aliphatic heterocycles. The van der Waals surface area contributed by atoms with E-state index in [1.165, 1.54) is 4.90 Å². The molecule has 0 aromatic carbocycles. The quantitative estimate of drug-likeness (QED) is 0.749. The molecule has 0 unspecified atom stereocenters. The van der Waals surface area contributed by atoms with Gasteiger partial charge in [0.1, 0.15) is 0 Å². The Bertz CT molecular complexity index is 386. The van der Waals surface area contributed by atoms with Crippen LogP contribution in [-0.2, 0) is 16.0 Å². The fourth-order valence-electron chi connectivity index (χ4n) is 1.24. The van der Waals surface area contributed by atoms with Crippen molar-refractivity contribution in [3.05, 3.63) is 17.5 Å². The fraction of sp³-hybridized carbons (Fsp3) is 0.500. The van der Waals surface area contributed by atoms with Crippen molar-refractivity contribution < 1.29 is 14.7 Å². The molecule has 6 heteroatoms. The molecule has 1 rings (SSSR count). The zero-order valence-corrected chi connectivity index (χ0v) is 9.36. The number of H-pyrrole nitrogens is 1. The number of carboxylic acids is 1. The van der Waals surface area contributed by atoms with Crippen LogP contribution in [0.3, 0.4) is 0 Å². The van der Waals surface area contributed by atoms with Crippen molar-refractivity contribution in [1.82, 2.24) is 15.1 Å². The van der Waals surface area contributed by atoms with E-state index in [0.717, 1.165) is 5.69 Å². The maximum atomic E-state index is 11.6. The summed E-state index contributed by atoms with van der Waals surface area (Å²) in [6.07, 6.45) is 0.155. The Morgan fingerprint density at radius 3 is 2.75 bits per heavy atom. The largest absolute Gasteiger partial charge is 0.481 e. The molecule has 0 atom stereocenters. The molecule has 1 aromatic rings. The van der Waals surface area contributed by atoms with Crippen molar-refractivity contribution in [2.75, 3.05) is 13.6 Å². The van der Waals surface area contributed by atoms with Crippen molar-refractivity contribution in [3.8, 4) is 0 Å². The van der Waals surface area contributed by atoms with Gasteiger partial charge in [-0.25, -0.2) is 0 Å². The van der Waals surface area contributed by atoms with Crippen molar-refractivity contribution in [2.24, 2.45) is 0 Å². The molecular formula is C10H15N3O3. The summed E-state index contributed by atoms with van der Waals surface area (Å²) >= 11 is 0. The number of aliphatic carboxylic acids is 1. The number of rotatable bonds is 5. The molecule has 0 saturated heterocycles. The van der Waals surface area contributed by atoms with Gasteiger partial charge in [-0.05, 0) is 13.0 Å². The van der Waals surface area contributed by atoms with Gasteiger partial charge in [0.15, 0.2) is 0 Å². The van der Waals surface area contributed by atoms with Crippen LogP contribution in [0.15, 0.2) is 6.07 Å². The Labute approximate surface area is 93.3 Å². The predicted molar refractivity (Wildman–Crippen MR) is 56.9 cm³/mol. The number of nitrogens with one attached hydrogen (secondary N) is 1. The highest BCUT2D eigenvalue weighted by Crippen LogP contribution is 2.01. The SMILES string of the molecule is Cc1cc(CC(=O)N(C)CCC(=O)O)n[nH]1. The first kappa shape index (κ1) is 12.2. The Balaban J connectivity index is 2.42. The average Bonchev–Trinajstić information content (AvgIpc) is 2.60. The van der Waals surface area contributed by atoms with E-state index in [2.05, 4.69) is 10.2 Å². The molecule has 16 heavy (non-hydrogen) atoms. The lowest BCUT2D eigenvalue weighted by Crippen LogP contribution is -2.30. The van der Waals surface area contributed by atoms with Gasteiger partial charge in [0.05, 0.1) is 18.5 Å². The smallest absolute Gasteiger partial charge is 0.305 e. The number of hydrogen-bond acceptors (Lipinski definition) is 3. The summed E-state index contributed by atoms with van der Waals surface area (Å²) in [5.74, 6) is -1.04. The third-order valence-electron chi connectivity index (χ3n) is 2.18. The highest BCUT2D eigenvalue weighted by atomic mass is 16.4. The molecule has 88 valence electrons. The normalized spacial score (nSPS) is 10.1. The molecule has 0 aliphatic carbocycles. The molecule has 1 amide bonds. The molecule has 2 N–H and O–H groups in total. The van der Waals surface area contributed by atoms with Gasteiger partial charge in [-0.2, -0.15) is 5.10 Å². The molecular weight excluding hydrogens is 210 g/mol. The molecule has 0 fully saturated rings. The van der Waals surface area contributed by atoms with Crippen molar-refractivity contribution in [1.29, 1.82) is 0 Å². The lowest BCUT2D eigenvalue weighted by molar-refractivity contribution is -0.138. The Kier molecular flexibility index (Phi) is 4.04. The number of amides is 1. The highest BCUT2D eigenvalue weighted by Gasteiger charge is 2.12. The van der Waals surface area contributed by atoms with Crippen LogP contribution in [0.25, 0.3) is 0 Å². The molecule has 0 saturated carbocycles. The average molecular weight is 225 g/mol. The highest BCUT2D eigenvalue weighted by molar-refractivity contribution is 5.78. The van der Waals surface area contributed by atoms with E-state index in [1.54, 1.807) is 13.1 Å². The van der Waals surface area contributed by atoms with Gasteiger partial charge in [0, 0.05) is 19.3 Å². The number of aromatic nitrogens is 2. The number of aromatic amines is 1. The Hall–Kier alpha value is -1.85. The van der Waals surface area contributed by atoms with Crippen LogP contribution in [0.2, 0.25) is 0 Å². The van der Waals surface area contributed by atoms with Gasteiger partial charge >= 0.3 is 5.97 Å². The first-order valence-corrected chi connectivity index (χ1v) is 4.95. The number of hydrogen-bond donors (Lipinski definition) is 2.